The van der Waals surface area contributed by atoms with Gasteiger partial charge in [-0.3, -0.25) is 0 Å². The summed E-state index contributed by atoms with van der Waals surface area (Å²) in [4.78, 5) is 11.0. The zero-order chi connectivity index (χ0) is 20.0. The number of allylic oxidation sites excluding steroid dienone is 2. The van der Waals surface area contributed by atoms with Crippen LogP contribution in [0.25, 0.3) is 0 Å². The second-order valence-corrected chi connectivity index (χ2v) is 10.7. The molecule has 0 saturated carbocycles. The average Bonchev–Trinajstić information content (AvgIpc) is 2.62. The molecule has 1 aliphatic carbocycles. The summed E-state index contributed by atoms with van der Waals surface area (Å²) in [6, 6.07) is 0. The van der Waals surface area contributed by atoms with E-state index in [9.17, 15) is 4.79 Å². The van der Waals surface area contributed by atoms with Crippen LogP contribution >= 0.6 is 11.8 Å². The van der Waals surface area contributed by atoms with E-state index in [1.54, 1.807) is 0 Å². The first kappa shape index (κ1) is 24.8. The molecule has 0 aromatic heterocycles. The lowest BCUT2D eigenvalue weighted by atomic mass is 9.65. The Hall–Kier alpha value is -0.240. The van der Waals surface area contributed by atoms with Crippen molar-refractivity contribution in [2.45, 2.75) is 116 Å². The monoisotopic (exact) mass is 394 g/mol. The van der Waals surface area contributed by atoms with Crippen LogP contribution in [-0.2, 0) is 4.79 Å². The maximum absolute atomic E-state index is 11.0. The van der Waals surface area contributed by atoms with Gasteiger partial charge in [-0.1, -0.05) is 97.6 Å². The number of thioether (sulfide) groups is 1. The molecule has 0 heterocycles. The molecule has 2 heteroatoms. The summed E-state index contributed by atoms with van der Waals surface area (Å²) in [6.45, 7) is 9.50. The Bertz CT molecular complexity index is 401. The highest BCUT2D eigenvalue weighted by Gasteiger charge is 2.39. The fourth-order valence-electron chi connectivity index (χ4n) is 4.82. The molecule has 2 unspecified atom stereocenters. The predicted octanol–water partition coefficient (Wildman–Crippen LogP) is 8.23. The third-order valence-electron chi connectivity index (χ3n) is 6.35. The number of hydrogen-bond donors (Lipinski definition) is 0. The molecule has 0 N–H and O–H groups in total. The van der Waals surface area contributed by atoms with Crippen molar-refractivity contribution < 1.29 is 4.79 Å². The highest BCUT2D eigenvalue weighted by atomic mass is 32.2. The van der Waals surface area contributed by atoms with Gasteiger partial charge in [0.1, 0.15) is 6.29 Å². The van der Waals surface area contributed by atoms with E-state index >= 15 is 0 Å². The highest BCUT2D eigenvalue weighted by Crippen LogP contribution is 2.47. The van der Waals surface area contributed by atoms with Gasteiger partial charge in [-0.25, -0.2) is 0 Å². The van der Waals surface area contributed by atoms with Gasteiger partial charge in [-0.05, 0) is 42.3 Å². The van der Waals surface area contributed by atoms with Gasteiger partial charge in [0.15, 0.2) is 0 Å². The lowest BCUT2D eigenvalue weighted by Gasteiger charge is -2.44. The SMILES string of the molecule is CCCCCCCCCCCCSC(CCC=O)C1[C@@H](C)C=CCC1(C)C. The van der Waals surface area contributed by atoms with Gasteiger partial charge in [0.2, 0.25) is 0 Å². The van der Waals surface area contributed by atoms with E-state index in [-0.39, 0.29) is 0 Å². The standard InChI is InChI=1S/C25H46OS/c1-5-6-7-8-9-10-11-12-13-14-21-27-23(18-16-20-26)24-22(2)17-15-19-25(24,3)4/h15,17,20,22-24H,5-14,16,18-19,21H2,1-4H3/t22-,23?,24?/m0/s1. The molecule has 0 aromatic carbocycles. The average molecular weight is 395 g/mol. The highest BCUT2D eigenvalue weighted by molar-refractivity contribution is 7.99. The van der Waals surface area contributed by atoms with Crippen molar-refractivity contribution in [3.63, 3.8) is 0 Å². The van der Waals surface area contributed by atoms with Crippen molar-refractivity contribution in [1.29, 1.82) is 0 Å². The molecule has 0 spiro atoms. The molecule has 0 aromatic rings. The van der Waals surface area contributed by atoms with E-state index in [1.165, 1.54) is 76.4 Å². The molecule has 0 saturated heterocycles. The number of carbonyl (C=O) groups excluding carboxylic acids is 1. The molecule has 1 aliphatic rings. The largest absolute Gasteiger partial charge is 0.303 e. The van der Waals surface area contributed by atoms with Gasteiger partial charge in [-0.2, -0.15) is 11.8 Å². The fraction of sp³-hybridized carbons (Fsp3) is 0.880. The van der Waals surface area contributed by atoms with E-state index in [0.29, 0.717) is 22.5 Å². The van der Waals surface area contributed by atoms with Gasteiger partial charge in [0, 0.05) is 11.7 Å². The van der Waals surface area contributed by atoms with Crippen LogP contribution in [0.3, 0.4) is 0 Å². The summed E-state index contributed by atoms with van der Waals surface area (Å²) in [5.41, 5.74) is 0.354. The van der Waals surface area contributed by atoms with Crippen LogP contribution in [0.1, 0.15) is 111 Å². The first-order chi connectivity index (χ1) is 13.0. The number of aldehydes is 1. The van der Waals surface area contributed by atoms with Crippen LogP contribution < -0.4 is 0 Å². The quantitative estimate of drug-likeness (QED) is 0.149. The molecule has 158 valence electrons. The summed E-state index contributed by atoms with van der Waals surface area (Å²) in [7, 11) is 0. The lowest BCUT2D eigenvalue weighted by molar-refractivity contribution is -0.108. The molecule has 1 nitrogen and oxygen atoms in total. The van der Waals surface area contributed by atoms with Crippen LogP contribution in [0.4, 0.5) is 0 Å². The lowest BCUT2D eigenvalue weighted by Crippen LogP contribution is -2.38. The smallest absolute Gasteiger partial charge is 0.120 e. The zero-order valence-electron chi connectivity index (χ0n) is 18.7. The van der Waals surface area contributed by atoms with Gasteiger partial charge in [0.05, 0.1) is 0 Å². The first-order valence-electron chi connectivity index (χ1n) is 11.7. The summed E-state index contributed by atoms with van der Waals surface area (Å²) in [6.07, 6.45) is 22.9. The van der Waals surface area contributed by atoms with E-state index in [4.69, 9.17) is 0 Å². The van der Waals surface area contributed by atoms with Crippen molar-refractivity contribution in [2.75, 3.05) is 5.75 Å². The third-order valence-corrected chi connectivity index (χ3v) is 7.83. The van der Waals surface area contributed by atoms with E-state index in [1.807, 2.05) is 0 Å². The van der Waals surface area contributed by atoms with E-state index < -0.39 is 0 Å². The molecular formula is C25H46OS. The summed E-state index contributed by atoms with van der Waals surface area (Å²) in [5, 5.41) is 0.628. The summed E-state index contributed by atoms with van der Waals surface area (Å²) < 4.78 is 0. The number of hydrogen-bond acceptors (Lipinski definition) is 2. The van der Waals surface area contributed by atoms with Crippen molar-refractivity contribution in [3.05, 3.63) is 12.2 Å². The van der Waals surface area contributed by atoms with Gasteiger partial charge in [-0.15, -0.1) is 0 Å². The molecule has 27 heavy (non-hydrogen) atoms. The zero-order valence-corrected chi connectivity index (χ0v) is 19.5. The Morgan fingerprint density at radius 1 is 1.04 bits per heavy atom. The fourth-order valence-corrected chi connectivity index (χ4v) is 6.62. The summed E-state index contributed by atoms with van der Waals surface area (Å²) >= 11 is 2.16. The van der Waals surface area contributed by atoms with E-state index in [0.717, 1.165) is 19.1 Å². The van der Waals surface area contributed by atoms with Crippen LogP contribution in [-0.4, -0.2) is 17.3 Å². The molecule has 0 amide bonds. The molecule has 0 radical (unpaired) electrons. The molecule has 0 aliphatic heterocycles. The predicted molar refractivity (Wildman–Crippen MR) is 124 cm³/mol. The van der Waals surface area contributed by atoms with Gasteiger partial charge >= 0.3 is 0 Å². The Balaban J connectivity index is 2.25. The van der Waals surface area contributed by atoms with Crippen LogP contribution in [0.2, 0.25) is 0 Å². The van der Waals surface area contributed by atoms with Crippen LogP contribution in [0, 0.1) is 17.3 Å². The molecule has 1 rings (SSSR count). The molecular weight excluding hydrogens is 348 g/mol. The minimum atomic E-state index is 0.354. The van der Waals surface area contributed by atoms with Gasteiger partial charge in [0.25, 0.3) is 0 Å². The van der Waals surface area contributed by atoms with E-state index in [2.05, 4.69) is 51.6 Å². The molecule has 0 bridgehead atoms. The third kappa shape index (κ3) is 10.2. The second-order valence-electron chi connectivity index (χ2n) is 9.34. The van der Waals surface area contributed by atoms with Gasteiger partial charge < -0.3 is 4.79 Å². The van der Waals surface area contributed by atoms with Crippen LogP contribution in [0.15, 0.2) is 12.2 Å². The van der Waals surface area contributed by atoms with Crippen molar-refractivity contribution >= 4 is 18.0 Å². The normalized spacial score (nSPS) is 22.7. The Morgan fingerprint density at radius 2 is 1.63 bits per heavy atom. The van der Waals surface area contributed by atoms with Crippen molar-refractivity contribution in [3.8, 4) is 0 Å². The molecule has 0 fully saturated rings. The van der Waals surface area contributed by atoms with Crippen LogP contribution in [0.5, 0.6) is 0 Å². The topological polar surface area (TPSA) is 17.1 Å². The second kappa shape index (κ2) is 14.7. The minimum absolute atomic E-state index is 0.354. The first-order valence-corrected chi connectivity index (χ1v) is 12.8. The van der Waals surface area contributed by atoms with Crippen molar-refractivity contribution in [2.24, 2.45) is 17.3 Å². The summed E-state index contributed by atoms with van der Waals surface area (Å²) in [5.74, 6) is 2.59. The number of unbranched alkanes of at least 4 members (excludes halogenated alkanes) is 9. The number of carbonyl (C=O) groups is 1. The molecule has 3 atom stereocenters. The number of rotatable bonds is 16. The Morgan fingerprint density at radius 3 is 2.19 bits per heavy atom. The maximum atomic E-state index is 11.0. The minimum Gasteiger partial charge on any atom is -0.303 e. The van der Waals surface area contributed by atoms with Crippen molar-refractivity contribution in [1.82, 2.24) is 0 Å². The Labute approximate surface area is 174 Å². The Kier molecular flexibility index (Phi) is 13.5. The maximum Gasteiger partial charge on any atom is 0.120 e.